The predicted molar refractivity (Wildman–Crippen MR) is 78.1 cm³/mol. The van der Waals surface area contributed by atoms with Crippen molar-refractivity contribution in [3.8, 4) is 0 Å². The second-order valence-corrected chi connectivity index (χ2v) is 4.91. The molecule has 0 unspecified atom stereocenters. The molecule has 0 spiro atoms. The molecule has 1 fully saturated rings. The Bertz CT molecular complexity index is 595. The van der Waals surface area contributed by atoms with Crippen LogP contribution in [0, 0.1) is 0 Å². The van der Waals surface area contributed by atoms with Gasteiger partial charge in [-0.25, -0.2) is 4.98 Å². The molecular formula is C15H15N5O2. The summed E-state index contributed by atoms with van der Waals surface area (Å²) < 4.78 is 0. The Kier molecular flexibility index (Phi) is 4.04. The number of hydrogen-bond acceptors (Lipinski definition) is 5. The van der Waals surface area contributed by atoms with Gasteiger partial charge in [0.2, 0.25) is 0 Å². The fourth-order valence-electron chi connectivity index (χ4n) is 2.36. The molecule has 0 atom stereocenters. The minimum Gasteiger partial charge on any atom is -0.335 e. The van der Waals surface area contributed by atoms with E-state index in [2.05, 4.69) is 15.0 Å². The molecule has 0 saturated carbocycles. The number of amides is 2. The lowest BCUT2D eigenvalue weighted by atomic mass is 10.2. The van der Waals surface area contributed by atoms with Crippen molar-refractivity contribution in [2.45, 2.75) is 0 Å². The van der Waals surface area contributed by atoms with Crippen molar-refractivity contribution < 1.29 is 9.59 Å². The van der Waals surface area contributed by atoms with E-state index in [4.69, 9.17) is 0 Å². The molecule has 0 radical (unpaired) electrons. The maximum absolute atomic E-state index is 12.3. The molecule has 22 heavy (non-hydrogen) atoms. The highest BCUT2D eigenvalue weighted by molar-refractivity contribution is 5.95. The van der Waals surface area contributed by atoms with Crippen LogP contribution in [0.25, 0.3) is 0 Å². The van der Waals surface area contributed by atoms with Crippen molar-refractivity contribution in [2.24, 2.45) is 0 Å². The molecule has 1 aliphatic rings. The maximum atomic E-state index is 12.3. The molecule has 2 amide bonds. The summed E-state index contributed by atoms with van der Waals surface area (Å²) in [7, 11) is 0. The van der Waals surface area contributed by atoms with Gasteiger partial charge in [-0.05, 0) is 12.1 Å². The molecule has 3 heterocycles. The molecule has 0 bridgehead atoms. The highest BCUT2D eigenvalue weighted by atomic mass is 16.2. The highest BCUT2D eigenvalue weighted by Gasteiger charge is 2.25. The van der Waals surface area contributed by atoms with Crippen LogP contribution in [0.5, 0.6) is 0 Å². The van der Waals surface area contributed by atoms with Crippen LogP contribution in [0.15, 0.2) is 43.1 Å². The Morgan fingerprint density at radius 1 is 0.818 bits per heavy atom. The van der Waals surface area contributed by atoms with E-state index in [0.717, 1.165) is 0 Å². The van der Waals surface area contributed by atoms with Gasteiger partial charge in [-0.1, -0.05) is 0 Å². The molecule has 0 aliphatic carbocycles. The predicted octanol–water partition coefficient (Wildman–Crippen LogP) is 0.470. The minimum atomic E-state index is -0.149. The topological polar surface area (TPSA) is 79.3 Å². The van der Waals surface area contributed by atoms with Crippen molar-refractivity contribution in [3.05, 3.63) is 54.4 Å². The third-order valence-corrected chi connectivity index (χ3v) is 3.56. The van der Waals surface area contributed by atoms with E-state index in [-0.39, 0.29) is 11.8 Å². The quantitative estimate of drug-likeness (QED) is 0.805. The number of carbonyl (C=O) groups is 2. The van der Waals surface area contributed by atoms with Crippen LogP contribution in [-0.4, -0.2) is 62.7 Å². The van der Waals surface area contributed by atoms with Gasteiger partial charge >= 0.3 is 0 Å². The number of nitrogens with zero attached hydrogens (tertiary/aromatic N) is 5. The van der Waals surface area contributed by atoms with Gasteiger partial charge in [0.25, 0.3) is 11.8 Å². The van der Waals surface area contributed by atoms with E-state index in [1.165, 1.54) is 18.6 Å². The average molecular weight is 297 g/mol. The summed E-state index contributed by atoms with van der Waals surface area (Å²) >= 11 is 0. The Morgan fingerprint density at radius 3 is 2.05 bits per heavy atom. The third-order valence-electron chi connectivity index (χ3n) is 3.56. The van der Waals surface area contributed by atoms with E-state index in [1.807, 2.05) is 0 Å². The van der Waals surface area contributed by atoms with Crippen molar-refractivity contribution in [2.75, 3.05) is 26.2 Å². The number of hydrogen-bond donors (Lipinski definition) is 0. The minimum absolute atomic E-state index is 0.0333. The maximum Gasteiger partial charge on any atom is 0.274 e. The molecule has 3 rings (SSSR count). The number of piperazine rings is 1. The SMILES string of the molecule is O=C(c1ccncc1)N1CCN(C(=O)c2cnccn2)CC1. The number of pyridine rings is 1. The summed E-state index contributed by atoms with van der Waals surface area (Å²) in [4.78, 5) is 39.8. The molecule has 1 aliphatic heterocycles. The van der Waals surface area contributed by atoms with Crippen LogP contribution in [0.4, 0.5) is 0 Å². The molecule has 1 saturated heterocycles. The molecule has 0 aromatic carbocycles. The highest BCUT2D eigenvalue weighted by Crippen LogP contribution is 2.10. The first-order chi connectivity index (χ1) is 10.8. The fraction of sp³-hybridized carbons (Fsp3) is 0.267. The standard InChI is InChI=1S/C15H15N5O2/c21-14(12-1-3-16-4-2-12)19-7-9-20(10-8-19)15(22)13-11-17-5-6-18-13/h1-6,11H,7-10H2. The number of aromatic nitrogens is 3. The van der Waals surface area contributed by atoms with Crippen LogP contribution in [0.3, 0.4) is 0 Å². The molecule has 2 aromatic rings. The zero-order valence-electron chi connectivity index (χ0n) is 11.9. The molecule has 112 valence electrons. The summed E-state index contributed by atoms with van der Waals surface area (Å²) in [5, 5.41) is 0. The van der Waals surface area contributed by atoms with Gasteiger partial charge in [-0.3, -0.25) is 19.6 Å². The summed E-state index contributed by atoms with van der Waals surface area (Å²) in [5.74, 6) is -0.182. The van der Waals surface area contributed by atoms with Crippen LogP contribution in [0.1, 0.15) is 20.8 Å². The van der Waals surface area contributed by atoms with E-state index in [0.29, 0.717) is 37.4 Å². The van der Waals surface area contributed by atoms with Gasteiger partial charge in [0.05, 0.1) is 6.20 Å². The van der Waals surface area contributed by atoms with Gasteiger partial charge in [0, 0.05) is 56.5 Å². The first-order valence-corrected chi connectivity index (χ1v) is 7.00. The van der Waals surface area contributed by atoms with Gasteiger partial charge in [-0.2, -0.15) is 0 Å². The number of rotatable bonds is 2. The van der Waals surface area contributed by atoms with E-state index < -0.39 is 0 Å². The normalized spacial score (nSPS) is 14.7. The van der Waals surface area contributed by atoms with Crippen LogP contribution in [0.2, 0.25) is 0 Å². The molecule has 2 aromatic heterocycles. The summed E-state index contributed by atoms with van der Waals surface area (Å²) in [5.41, 5.74) is 0.945. The molecule has 7 nitrogen and oxygen atoms in total. The lowest BCUT2D eigenvalue weighted by Gasteiger charge is -2.34. The van der Waals surface area contributed by atoms with Gasteiger partial charge in [0.1, 0.15) is 5.69 Å². The van der Waals surface area contributed by atoms with Gasteiger partial charge < -0.3 is 9.80 Å². The average Bonchev–Trinajstić information content (AvgIpc) is 2.62. The van der Waals surface area contributed by atoms with Crippen LogP contribution < -0.4 is 0 Å². The fourth-order valence-corrected chi connectivity index (χ4v) is 2.36. The second kappa shape index (κ2) is 6.30. The molecule has 0 N–H and O–H groups in total. The number of carbonyl (C=O) groups excluding carboxylic acids is 2. The van der Waals surface area contributed by atoms with Crippen molar-refractivity contribution in [3.63, 3.8) is 0 Å². The van der Waals surface area contributed by atoms with Gasteiger partial charge in [-0.15, -0.1) is 0 Å². The molecular weight excluding hydrogens is 282 g/mol. The Balaban J connectivity index is 1.61. The Hall–Kier alpha value is -2.83. The summed E-state index contributed by atoms with van der Waals surface area (Å²) in [6, 6.07) is 3.39. The Labute approximate surface area is 127 Å². The summed E-state index contributed by atoms with van der Waals surface area (Å²) in [6.45, 7) is 2.00. The molecule has 7 heteroatoms. The van der Waals surface area contributed by atoms with E-state index >= 15 is 0 Å². The van der Waals surface area contributed by atoms with Crippen molar-refractivity contribution >= 4 is 11.8 Å². The second-order valence-electron chi connectivity index (χ2n) is 4.91. The Morgan fingerprint density at radius 2 is 1.45 bits per heavy atom. The first-order valence-electron chi connectivity index (χ1n) is 7.00. The summed E-state index contributed by atoms with van der Waals surface area (Å²) in [6.07, 6.45) is 7.68. The van der Waals surface area contributed by atoms with Gasteiger partial charge in [0.15, 0.2) is 0 Å². The largest absolute Gasteiger partial charge is 0.335 e. The van der Waals surface area contributed by atoms with Crippen LogP contribution in [-0.2, 0) is 0 Å². The lowest BCUT2D eigenvalue weighted by Crippen LogP contribution is -2.50. The smallest absolute Gasteiger partial charge is 0.274 e. The van der Waals surface area contributed by atoms with Crippen molar-refractivity contribution in [1.82, 2.24) is 24.8 Å². The zero-order valence-corrected chi connectivity index (χ0v) is 11.9. The zero-order chi connectivity index (χ0) is 15.4. The lowest BCUT2D eigenvalue weighted by molar-refractivity contribution is 0.0532. The first kappa shape index (κ1) is 14.1. The van der Waals surface area contributed by atoms with Crippen LogP contribution >= 0.6 is 0 Å². The third kappa shape index (κ3) is 2.93. The van der Waals surface area contributed by atoms with E-state index in [9.17, 15) is 9.59 Å². The monoisotopic (exact) mass is 297 g/mol. The van der Waals surface area contributed by atoms with Crippen molar-refractivity contribution in [1.29, 1.82) is 0 Å². The van der Waals surface area contributed by atoms with E-state index in [1.54, 1.807) is 34.3 Å².